The molecule has 0 radical (unpaired) electrons. The standard InChI is InChI=1S/C13H13N3O4S/c1-8-14-9(7-21-8)6-15(2)12-10(13(17)18)4-3-5-11(12)16(19)20/h3-5,7H,6H2,1-2H3,(H,17,18). The van der Waals surface area contributed by atoms with Gasteiger partial charge in [0.05, 0.1) is 27.7 Å². The molecule has 0 amide bonds. The molecule has 1 heterocycles. The van der Waals surface area contributed by atoms with Gasteiger partial charge in [-0.1, -0.05) is 6.07 Å². The van der Waals surface area contributed by atoms with E-state index in [2.05, 4.69) is 4.98 Å². The molecule has 0 aliphatic carbocycles. The minimum atomic E-state index is -1.20. The minimum Gasteiger partial charge on any atom is -0.478 e. The van der Waals surface area contributed by atoms with E-state index in [4.69, 9.17) is 0 Å². The molecule has 110 valence electrons. The maximum atomic E-state index is 11.3. The van der Waals surface area contributed by atoms with Gasteiger partial charge in [0.25, 0.3) is 5.69 Å². The number of nitro groups is 1. The van der Waals surface area contributed by atoms with Crippen LogP contribution in [0.25, 0.3) is 0 Å². The van der Waals surface area contributed by atoms with Crippen LogP contribution in [0.1, 0.15) is 21.1 Å². The molecule has 0 aliphatic heterocycles. The van der Waals surface area contributed by atoms with Gasteiger partial charge < -0.3 is 10.0 Å². The Hall–Kier alpha value is -2.48. The Labute approximate surface area is 124 Å². The highest BCUT2D eigenvalue weighted by Gasteiger charge is 2.24. The van der Waals surface area contributed by atoms with Crippen LogP contribution in [0.2, 0.25) is 0 Å². The van der Waals surface area contributed by atoms with Gasteiger partial charge >= 0.3 is 5.97 Å². The zero-order valence-corrected chi connectivity index (χ0v) is 12.3. The second-order valence-corrected chi connectivity index (χ2v) is 5.51. The number of para-hydroxylation sites is 1. The number of anilines is 1. The van der Waals surface area contributed by atoms with Crippen molar-refractivity contribution in [1.82, 2.24) is 4.98 Å². The molecule has 0 bridgehead atoms. The lowest BCUT2D eigenvalue weighted by Gasteiger charge is -2.19. The second kappa shape index (κ2) is 5.88. The van der Waals surface area contributed by atoms with Crippen LogP contribution in [0.5, 0.6) is 0 Å². The van der Waals surface area contributed by atoms with Crippen LogP contribution in [0.3, 0.4) is 0 Å². The van der Waals surface area contributed by atoms with Crippen molar-refractivity contribution in [2.75, 3.05) is 11.9 Å². The number of rotatable bonds is 5. The third-order valence-corrected chi connectivity index (χ3v) is 3.71. The Morgan fingerprint density at radius 3 is 2.76 bits per heavy atom. The zero-order valence-electron chi connectivity index (χ0n) is 11.4. The highest BCUT2D eigenvalue weighted by atomic mass is 32.1. The van der Waals surface area contributed by atoms with Crippen LogP contribution >= 0.6 is 11.3 Å². The molecule has 0 saturated heterocycles. The molecular formula is C13H13N3O4S. The fraction of sp³-hybridized carbons (Fsp3) is 0.231. The van der Waals surface area contributed by atoms with Crippen LogP contribution in [-0.2, 0) is 6.54 Å². The first kappa shape index (κ1) is 14.9. The normalized spacial score (nSPS) is 10.4. The summed E-state index contributed by atoms with van der Waals surface area (Å²) in [7, 11) is 1.61. The summed E-state index contributed by atoms with van der Waals surface area (Å²) < 4.78 is 0. The number of aryl methyl sites for hydroxylation is 1. The highest BCUT2D eigenvalue weighted by molar-refractivity contribution is 7.09. The number of benzene rings is 1. The number of nitrogens with zero attached hydrogens (tertiary/aromatic N) is 3. The molecule has 0 fully saturated rings. The number of hydrogen-bond donors (Lipinski definition) is 1. The summed E-state index contributed by atoms with van der Waals surface area (Å²) in [5, 5.41) is 23.1. The highest BCUT2D eigenvalue weighted by Crippen LogP contribution is 2.32. The van der Waals surface area contributed by atoms with E-state index in [1.54, 1.807) is 7.05 Å². The number of aromatic nitrogens is 1. The predicted molar refractivity (Wildman–Crippen MR) is 79.0 cm³/mol. The molecule has 0 spiro atoms. The zero-order chi connectivity index (χ0) is 15.6. The largest absolute Gasteiger partial charge is 0.478 e. The van der Waals surface area contributed by atoms with Gasteiger partial charge in [0.2, 0.25) is 0 Å². The molecule has 7 nitrogen and oxygen atoms in total. The van der Waals surface area contributed by atoms with Crippen molar-refractivity contribution in [3.05, 3.63) is 50.0 Å². The first-order chi connectivity index (χ1) is 9.90. The number of carbonyl (C=O) groups is 1. The second-order valence-electron chi connectivity index (χ2n) is 4.45. The van der Waals surface area contributed by atoms with Crippen molar-refractivity contribution in [2.24, 2.45) is 0 Å². The lowest BCUT2D eigenvalue weighted by molar-refractivity contribution is -0.384. The third kappa shape index (κ3) is 3.16. The first-order valence-corrected chi connectivity index (χ1v) is 6.91. The Bertz CT molecular complexity index is 666. The van der Waals surface area contributed by atoms with Crippen molar-refractivity contribution < 1.29 is 14.8 Å². The molecule has 21 heavy (non-hydrogen) atoms. The van der Waals surface area contributed by atoms with Gasteiger partial charge in [-0.05, 0) is 13.0 Å². The summed E-state index contributed by atoms with van der Waals surface area (Å²) in [6.07, 6.45) is 0. The smallest absolute Gasteiger partial charge is 0.338 e. The summed E-state index contributed by atoms with van der Waals surface area (Å²) in [5.41, 5.74) is 0.498. The maximum Gasteiger partial charge on any atom is 0.338 e. The Morgan fingerprint density at radius 1 is 1.52 bits per heavy atom. The number of nitro benzene ring substituents is 1. The quantitative estimate of drug-likeness (QED) is 0.674. The molecule has 0 saturated carbocycles. The summed E-state index contributed by atoms with van der Waals surface area (Å²) in [6, 6.07) is 4.02. The van der Waals surface area contributed by atoms with Gasteiger partial charge in [0.15, 0.2) is 0 Å². The van der Waals surface area contributed by atoms with Gasteiger partial charge in [-0.15, -0.1) is 11.3 Å². The van der Waals surface area contributed by atoms with Crippen LogP contribution < -0.4 is 4.90 Å². The van der Waals surface area contributed by atoms with Crippen molar-refractivity contribution >= 4 is 28.7 Å². The monoisotopic (exact) mass is 307 g/mol. The summed E-state index contributed by atoms with van der Waals surface area (Å²) >= 11 is 1.47. The van der Waals surface area contributed by atoms with Crippen molar-refractivity contribution in [3.63, 3.8) is 0 Å². The predicted octanol–water partition coefficient (Wildman–Crippen LogP) is 2.69. The fourth-order valence-electron chi connectivity index (χ4n) is 2.06. The number of carboxylic acids is 1. The maximum absolute atomic E-state index is 11.3. The van der Waals surface area contributed by atoms with E-state index in [-0.39, 0.29) is 16.9 Å². The van der Waals surface area contributed by atoms with Crippen molar-refractivity contribution in [3.8, 4) is 0 Å². The Balaban J connectivity index is 2.44. The lowest BCUT2D eigenvalue weighted by Crippen LogP contribution is -2.21. The molecule has 8 heteroatoms. The van der Waals surface area contributed by atoms with E-state index in [0.717, 1.165) is 10.7 Å². The summed E-state index contributed by atoms with van der Waals surface area (Å²) in [4.78, 5) is 27.7. The number of carboxylic acid groups (broad SMARTS) is 1. The number of thiazole rings is 1. The van der Waals surface area contributed by atoms with E-state index in [1.165, 1.54) is 34.4 Å². The van der Waals surface area contributed by atoms with E-state index < -0.39 is 10.9 Å². The molecular weight excluding hydrogens is 294 g/mol. The average Bonchev–Trinajstić information content (AvgIpc) is 2.82. The summed E-state index contributed by atoms with van der Waals surface area (Å²) in [6.45, 7) is 2.16. The molecule has 1 aromatic heterocycles. The average molecular weight is 307 g/mol. The van der Waals surface area contributed by atoms with E-state index >= 15 is 0 Å². The molecule has 1 N–H and O–H groups in total. The van der Waals surface area contributed by atoms with Crippen molar-refractivity contribution in [1.29, 1.82) is 0 Å². The molecule has 0 aliphatic rings. The number of aromatic carboxylic acids is 1. The van der Waals surface area contributed by atoms with Crippen LogP contribution in [0.4, 0.5) is 11.4 Å². The van der Waals surface area contributed by atoms with Gasteiger partial charge in [0, 0.05) is 18.5 Å². The van der Waals surface area contributed by atoms with E-state index in [9.17, 15) is 20.0 Å². The van der Waals surface area contributed by atoms with Gasteiger partial charge in [-0.25, -0.2) is 9.78 Å². The van der Waals surface area contributed by atoms with Crippen molar-refractivity contribution in [2.45, 2.75) is 13.5 Å². The fourth-order valence-corrected chi connectivity index (χ4v) is 2.66. The summed E-state index contributed by atoms with van der Waals surface area (Å²) in [5.74, 6) is -1.20. The van der Waals surface area contributed by atoms with Gasteiger partial charge in [0.1, 0.15) is 5.69 Å². The van der Waals surface area contributed by atoms with Crippen LogP contribution in [0.15, 0.2) is 23.6 Å². The minimum absolute atomic E-state index is 0.0839. The molecule has 0 unspecified atom stereocenters. The molecule has 2 aromatic rings. The van der Waals surface area contributed by atoms with Gasteiger partial charge in [-0.2, -0.15) is 0 Å². The van der Waals surface area contributed by atoms with Crippen LogP contribution in [0, 0.1) is 17.0 Å². The molecule has 0 atom stereocenters. The SMILES string of the molecule is Cc1nc(CN(C)c2c(C(=O)O)cccc2[N+](=O)[O-])cs1. The van der Waals surface area contributed by atoms with E-state index in [1.807, 2.05) is 12.3 Å². The first-order valence-electron chi connectivity index (χ1n) is 6.03. The topological polar surface area (TPSA) is 96.6 Å². The molecule has 2 rings (SSSR count). The number of hydrogen-bond acceptors (Lipinski definition) is 6. The third-order valence-electron chi connectivity index (χ3n) is 2.89. The Kier molecular flexibility index (Phi) is 4.18. The Morgan fingerprint density at radius 2 is 2.24 bits per heavy atom. The van der Waals surface area contributed by atoms with Gasteiger partial charge in [-0.3, -0.25) is 10.1 Å². The van der Waals surface area contributed by atoms with Crippen LogP contribution in [-0.4, -0.2) is 28.0 Å². The lowest BCUT2D eigenvalue weighted by atomic mass is 10.1. The van der Waals surface area contributed by atoms with E-state index in [0.29, 0.717) is 6.54 Å². The molecule has 1 aromatic carbocycles.